The van der Waals surface area contributed by atoms with Crippen LogP contribution in [-0.2, 0) is 16.0 Å². The third-order valence-electron chi connectivity index (χ3n) is 5.75. The Morgan fingerprint density at radius 2 is 1.56 bits per heavy atom. The van der Waals surface area contributed by atoms with E-state index in [-0.39, 0.29) is 12.3 Å². The zero-order valence-electron chi connectivity index (χ0n) is 18.3. The first-order valence-electron chi connectivity index (χ1n) is 10.3. The van der Waals surface area contributed by atoms with Crippen molar-refractivity contribution in [3.63, 3.8) is 0 Å². The molecule has 0 N–H and O–H groups in total. The molecule has 0 saturated carbocycles. The number of hydrogen-bond acceptors (Lipinski definition) is 5. The fraction of sp³-hybridized carbons (Fsp3) is 0.231. The van der Waals surface area contributed by atoms with E-state index in [9.17, 15) is 9.59 Å². The molecule has 1 saturated heterocycles. The Morgan fingerprint density at radius 1 is 0.938 bits per heavy atom. The summed E-state index contributed by atoms with van der Waals surface area (Å²) >= 11 is 0. The second kappa shape index (κ2) is 8.75. The fourth-order valence-electron chi connectivity index (χ4n) is 4.07. The van der Waals surface area contributed by atoms with Crippen molar-refractivity contribution in [2.24, 2.45) is 0 Å². The van der Waals surface area contributed by atoms with Gasteiger partial charge in [0.05, 0.1) is 14.2 Å². The van der Waals surface area contributed by atoms with Crippen LogP contribution in [0.15, 0.2) is 78.9 Å². The van der Waals surface area contributed by atoms with Crippen LogP contribution in [0.5, 0.6) is 11.5 Å². The quantitative estimate of drug-likeness (QED) is 0.541. The van der Waals surface area contributed by atoms with Crippen LogP contribution in [0.25, 0.3) is 0 Å². The third-order valence-corrected chi connectivity index (χ3v) is 5.75. The van der Waals surface area contributed by atoms with Crippen LogP contribution in [0.2, 0.25) is 0 Å². The fourth-order valence-corrected chi connectivity index (χ4v) is 4.07. The molecule has 0 aromatic heterocycles. The zero-order valence-corrected chi connectivity index (χ0v) is 18.3. The number of cyclic esters (lactones) is 1. The van der Waals surface area contributed by atoms with Crippen LogP contribution in [-0.4, -0.2) is 36.5 Å². The first kappa shape index (κ1) is 21.4. The number of rotatable bonds is 6. The van der Waals surface area contributed by atoms with Gasteiger partial charge in [-0.3, -0.25) is 9.69 Å². The van der Waals surface area contributed by atoms with Crippen molar-refractivity contribution >= 4 is 11.9 Å². The van der Waals surface area contributed by atoms with Gasteiger partial charge < -0.3 is 14.2 Å². The smallest absolute Gasteiger partial charge is 0.334 e. The minimum atomic E-state index is -1.22. The molecule has 0 aliphatic carbocycles. The molecule has 164 valence electrons. The lowest BCUT2D eigenvalue weighted by molar-refractivity contribution is -0.145. The zero-order chi connectivity index (χ0) is 22.7. The average molecular weight is 431 g/mol. The Balaban J connectivity index is 1.77. The van der Waals surface area contributed by atoms with Crippen molar-refractivity contribution < 1.29 is 23.8 Å². The van der Waals surface area contributed by atoms with Gasteiger partial charge in [-0.2, -0.15) is 0 Å². The SMILES string of the molecule is COc1ccc(C[C@]2(C)C(=O)O[C@@H](c3ccccc3)N2C(=O)c2ccccc2)cc1OC. The van der Waals surface area contributed by atoms with Gasteiger partial charge >= 0.3 is 5.97 Å². The Morgan fingerprint density at radius 3 is 2.19 bits per heavy atom. The Bertz CT molecular complexity index is 1120. The van der Waals surface area contributed by atoms with E-state index in [2.05, 4.69) is 0 Å². The summed E-state index contributed by atoms with van der Waals surface area (Å²) in [6, 6.07) is 23.7. The van der Waals surface area contributed by atoms with Crippen molar-refractivity contribution in [2.45, 2.75) is 25.1 Å². The Hall–Kier alpha value is -3.80. The molecule has 1 aliphatic heterocycles. The first-order chi connectivity index (χ1) is 15.5. The molecule has 0 unspecified atom stereocenters. The van der Waals surface area contributed by atoms with Gasteiger partial charge in [-0.25, -0.2) is 4.79 Å². The number of esters is 1. The van der Waals surface area contributed by atoms with Gasteiger partial charge in [0.25, 0.3) is 5.91 Å². The van der Waals surface area contributed by atoms with Crippen LogP contribution in [0.3, 0.4) is 0 Å². The molecule has 0 spiro atoms. The van der Waals surface area contributed by atoms with Crippen LogP contribution < -0.4 is 9.47 Å². The summed E-state index contributed by atoms with van der Waals surface area (Å²) in [5.74, 6) is 0.425. The Labute approximate surface area is 187 Å². The van der Waals surface area contributed by atoms with E-state index in [4.69, 9.17) is 14.2 Å². The van der Waals surface area contributed by atoms with Gasteiger partial charge in [0, 0.05) is 17.5 Å². The van der Waals surface area contributed by atoms with Crippen molar-refractivity contribution in [1.82, 2.24) is 4.90 Å². The summed E-state index contributed by atoms with van der Waals surface area (Å²) in [6.07, 6.45) is -0.560. The largest absolute Gasteiger partial charge is 0.493 e. The number of benzene rings is 3. The number of amides is 1. The summed E-state index contributed by atoms with van der Waals surface area (Å²) in [6.45, 7) is 1.75. The van der Waals surface area contributed by atoms with Crippen molar-refractivity contribution in [3.8, 4) is 11.5 Å². The van der Waals surface area contributed by atoms with Crippen molar-refractivity contribution in [2.75, 3.05) is 14.2 Å². The number of methoxy groups -OCH3 is 2. The summed E-state index contributed by atoms with van der Waals surface area (Å²) in [7, 11) is 3.13. The molecule has 0 radical (unpaired) electrons. The highest BCUT2D eigenvalue weighted by Gasteiger charge is 2.55. The van der Waals surface area contributed by atoms with Gasteiger partial charge in [-0.15, -0.1) is 0 Å². The van der Waals surface area contributed by atoms with Crippen LogP contribution in [0, 0.1) is 0 Å². The average Bonchev–Trinajstić information content (AvgIpc) is 3.09. The Kier molecular flexibility index (Phi) is 5.86. The summed E-state index contributed by atoms with van der Waals surface area (Å²) in [5, 5.41) is 0. The highest BCUT2D eigenvalue weighted by molar-refractivity contribution is 6.00. The maximum atomic E-state index is 13.7. The maximum Gasteiger partial charge on any atom is 0.334 e. The molecule has 6 heteroatoms. The minimum absolute atomic E-state index is 0.258. The third kappa shape index (κ3) is 3.80. The molecule has 1 fully saturated rings. The molecule has 1 amide bonds. The molecule has 0 bridgehead atoms. The predicted octanol–water partition coefficient (Wildman–Crippen LogP) is 4.40. The lowest BCUT2D eigenvalue weighted by Gasteiger charge is -2.34. The van der Waals surface area contributed by atoms with E-state index >= 15 is 0 Å². The summed E-state index contributed by atoms with van der Waals surface area (Å²) in [5.41, 5.74) is 0.834. The molecular formula is C26H25NO5. The summed E-state index contributed by atoms with van der Waals surface area (Å²) < 4.78 is 16.5. The van der Waals surface area contributed by atoms with Gasteiger partial charge in [-0.05, 0) is 36.8 Å². The standard InChI is InChI=1S/C26H25NO5/c1-26(17-18-14-15-21(30-2)22(16-18)31-3)25(29)32-24(20-12-8-5-9-13-20)27(26)23(28)19-10-6-4-7-11-19/h4-16,24H,17H2,1-3H3/t24-,26+/m0/s1. The van der Waals surface area contributed by atoms with E-state index in [0.717, 1.165) is 11.1 Å². The van der Waals surface area contributed by atoms with Gasteiger partial charge in [0.2, 0.25) is 6.23 Å². The van der Waals surface area contributed by atoms with E-state index in [1.165, 1.54) is 0 Å². The van der Waals surface area contributed by atoms with E-state index in [1.54, 1.807) is 56.4 Å². The number of carbonyl (C=O) groups excluding carboxylic acids is 2. The molecule has 3 aromatic rings. The molecule has 6 nitrogen and oxygen atoms in total. The molecule has 2 atom stereocenters. The lowest BCUT2D eigenvalue weighted by Crippen LogP contribution is -2.51. The molecule has 3 aromatic carbocycles. The molecular weight excluding hydrogens is 406 g/mol. The predicted molar refractivity (Wildman–Crippen MR) is 120 cm³/mol. The van der Waals surface area contributed by atoms with E-state index in [0.29, 0.717) is 17.1 Å². The molecule has 1 aliphatic rings. The summed E-state index contributed by atoms with van der Waals surface area (Å²) in [4.78, 5) is 28.4. The van der Waals surface area contributed by atoms with Crippen LogP contribution in [0.4, 0.5) is 0 Å². The van der Waals surface area contributed by atoms with Gasteiger partial charge in [-0.1, -0.05) is 54.6 Å². The molecule has 4 rings (SSSR count). The van der Waals surface area contributed by atoms with E-state index in [1.807, 2.05) is 48.5 Å². The van der Waals surface area contributed by atoms with Crippen LogP contribution >= 0.6 is 0 Å². The number of ether oxygens (including phenoxy) is 3. The van der Waals surface area contributed by atoms with E-state index < -0.39 is 17.7 Å². The molecule has 1 heterocycles. The van der Waals surface area contributed by atoms with Gasteiger partial charge in [0.1, 0.15) is 5.54 Å². The molecule has 32 heavy (non-hydrogen) atoms. The van der Waals surface area contributed by atoms with Gasteiger partial charge in [0.15, 0.2) is 11.5 Å². The lowest BCUT2D eigenvalue weighted by atomic mass is 9.90. The number of nitrogens with zero attached hydrogens (tertiary/aromatic N) is 1. The second-order valence-electron chi connectivity index (χ2n) is 7.85. The maximum absolute atomic E-state index is 13.7. The second-order valence-corrected chi connectivity index (χ2v) is 7.85. The first-order valence-corrected chi connectivity index (χ1v) is 10.3. The number of hydrogen-bond donors (Lipinski definition) is 0. The topological polar surface area (TPSA) is 65.1 Å². The number of carbonyl (C=O) groups is 2. The van der Waals surface area contributed by atoms with Crippen molar-refractivity contribution in [3.05, 3.63) is 95.6 Å². The highest BCUT2D eigenvalue weighted by Crippen LogP contribution is 2.42. The highest BCUT2D eigenvalue weighted by atomic mass is 16.6. The monoisotopic (exact) mass is 431 g/mol. The van der Waals surface area contributed by atoms with Crippen molar-refractivity contribution in [1.29, 1.82) is 0 Å². The van der Waals surface area contributed by atoms with Crippen LogP contribution in [0.1, 0.15) is 34.6 Å². The normalized spacial score (nSPS) is 20.0. The minimum Gasteiger partial charge on any atom is -0.493 e.